The zero-order valence-electron chi connectivity index (χ0n) is 7.13. The minimum Gasteiger partial charge on any atom is -0.455 e. The van der Waals surface area contributed by atoms with Crippen molar-refractivity contribution in [2.45, 2.75) is 32.8 Å². The fourth-order valence-corrected chi connectivity index (χ4v) is 0.628. The van der Waals surface area contributed by atoms with Gasteiger partial charge in [0, 0.05) is 6.61 Å². The topological polar surface area (TPSA) is 35.5 Å². The smallest absolute Gasteiger partial charge is 0.417 e. The van der Waals surface area contributed by atoms with E-state index in [9.17, 15) is 4.79 Å². The van der Waals surface area contributed by atoms with E-state index >= 15 is 0 Å². The van der Waals surface area contributed by atoms with Crippen LogP contribution in [0.4, 0.5) is 0 Å². The Balaban J connectivity index is 3.08. The Morgan fingerprint density at radius 3 is 2.82 bits per heavy atom. The molecule has 11 heavy (non-hydrogen) atoms. The molecule has 0 saturated heterocycles. The van der Waals surface area contributed by atoms with Crippen molar-refractivity contribution in [2.75, 3.05) is 13.2 Å². The summed E-state index contributed by atoms with van der Waals surface area (Å²) in [7, 11) is 0. The lowest BCUT2D eigenvalue weighted by Gasteiger charge is -2.10. The molecule has 0 aromatic carbocycles. The summed E-state index contributed by atoms with van der Waals surface area (Å²) in [4.78, 5) is 9.64. The van der Waals surface area contributed by atoms with Gasteiger partial charge in [0.25, 0.3) is 0 Å². The summed E-state index contributed by atoms with van der Waals surface area (Å²) < 4.78 is 9.68. The molecule has 65 valence electrons. The van der Waals surface area contributed by atoms with Crippen molar-refractivity contribution >= 4 is 6.47 Å². The van der Waals surface area contributed by atoms with Crippen LogP contribution in [0, 0.1) is 0 Å². The van der Waals surface area contributed by atoms with Gasteiger partial charge in [0.15, 0.2) is 0 Å². The molecule has 1 unspecified atom stereocenters. The lowest BCUT2D eigenvalue weighted by molar-refractivity contribution is 0.0266. The molecule has 0 saturated carbocycles. The van der Waals surface area contributed by atoms with Gasteiger partial charge in [0.05, 0.1) is 6.10 Å². The van der Waals surface area contributed by atoms with Crippen molar-refractivity contribution < 1.29 is 14.3 Å². The zero-order valence-corrected chi connectivity index (χ0v) is 7.13. The van der Waals surface area contributed by atoms with Gasteiger partial charge in [-0.25, -0.2) is 4.79 Å². The maximum Gasteiger partial charge on any atom is 0.417 e. The number of unbranched alkanes of at least 4 members (excludes halogenated alkanes) is 1. The Morgan fingerprint density at radius 2 is 2.27 bits per heavy atom. The van der Waals surface area contributed by atoms with Crippen LogP contribution >= 0.6 is 0 Å². The van der Waals surface area contributed by atoms with E-state index < -0.39 is 0 Å². The van der Waals surface area contributed by atoms with Gasteiger partial charge in [-0.1, -0.05) is 13.3 Å². The van der Waals surface area contributed by atoms with E-state index in [-0.39, 0.29) is 6.10 Å². The normalized spacial score (nSPS) is 12.5. The van der Waals surface area contributed by atoms with Crippen LogP contribution in [0.5, 0.6) is 0 Å². The molecule has 1 radical (unpaired) electrons. The largest absolute Gasteiger partial charge is 0.455 e. The van der Waals surface area contributed by atoms with Gasteiger partial charge < -0.3 is 9.47 Å². The van der Waals surface area contributed by atoms with Gasteiger partial charge in [-0.3, -0.25) is 0 Å². The van der Waals surface area contributed by atoms with E-state index in [1.165, 1.54) is 6.47 Å². The Morgan fingerprint density at radius 1 is 1.55 bits per heavy atom. The lowest BCUT2D eigenvalue weighted by atomic mass is 10.3. The first kappa shape index (κ1) is 10.4. The van der Waals surface area contributed by atoms with E-state index in [1.807, 2.05) is 6.92 Å². The second-order valence-corrected chi connectivity index (χ2v) is 2.43. The first-order valence-corrected chi connectivity index (χ1v) is 3.91. The molecule has 3 nitrogen and oxygen atoms in total. The summed E-state index contributed by atoms with van der Waals surface area (Å²) in [5.74, 6) is 0. The van der Waals surface area contributed by atoms with Crippen molar-refractivity contribution in [3.05, 3.63) is 0 Å². The van der Waals surface area contributed by atoms with Gasteiger partial charge in [-0.2, -0.15) is 0 Å². The summed E-state index contributed by atoms with van der Waals surface area (Å²) in [6, 6.07) is 0. The van der Waals surface area contributed by atoms with Gasteiger partial charge in [0.2, 0.25) is 0 Å². The average molecular weight is 159 g/mol. The molecule has 0 rings (SSSR count). The highest BCUT2D eigenvalue weighted by atomic mass is 16.6. The molecular weight excluding hydrogens is 144 g/mol. The van der Waals surface area contributed by atoms with Crippen molar-refractivity contribution in [1.29, 1.82) is 0 Å². The average Bonchev–Trinajstić information content (AvgIpc) is 2.01. The van der Waals surface area contributed by atoms with Crippen LogP contribution in [0.2, 0.25) is 0 Å². The highest BCUT2D eigenvalue weighted by molar-refractivity contribution is 5.38. The molecule has 0 amide bonds. The second-order valence-electron chi connectivity index (χ2n) is 2.43. The minimum absolute atomic E-state index is 0.0111. The van der Waals surface area contributed by atoms with E-state index in [2.05, 4.69) is 11.7 Å². The predicted molar refractivity (Wildman–Crippen MR) is 42.0 cm³/mol. The van der Waals surface area contributed by atoms with Gasteiger partial charge in [-0.15, -0.1) is 0 Å². The van der Waals surface area contributed by atoms with Gasteiger partial charge in [-0.05, 0) is 13.3 Å². The summed E-state index contributed by atoms with van der Waals surface area (Å²) in [5.41, 5.74) is 0. The molecule has 3 heteroatoms. The van der Waals surface area contributed by atoms with Crippen molar-refractivity contribution in [2.24, 2.45) is 0 Å². The van der Waals surface area contributed by atoms with Crippen LogP contribution in [-0.4, -0.2) is 25.8 Å². The summed E-state index contributed by atoms with van der Waals surface area (Å²) >= 11 is 0. The maximum atomic E-state index is 9.64. The van der Waals surface area contributed by atoms with Crippen molar-refractivity contribution in [3.63, 3.8) is 0 Å². The Kier molecular flexibility index (Phi) is 7.15. The van der Waals surface area contributed by atoms with Crippen LogP contribution in [0.15, 0.2) is 0 Å². The highest BCUT2D eigenvalue weighted by Gasteiger charge is 2.00. The third-order valence-corrected chi connectivity index (χ3v) is 1.28. The summed E-state index contributed by atoms with van der Waals surface area (Å²) in [5, 5.41) is 0. The Bertz CT molecular complexity index is 93.3. The summed E-state index contributed by atoms with van der Waals surface area (Å²) in [6.45, 7) is 6.36. The van der Waals surface area contributed by atoms with Crippen LogP contribution in [0.25, 0.3) is 0 Å². The van der Waals surface area contributed by atoms with Crippen LogP contribution in [0.1, 0.15) is 26.7 Å². The first-order chi connectivity index (χ1) is 5.31. The standard InChI is InChI=1S/C8H15O3/c1-3-4-5-11-8(2)6-10-7-9/h8H,3-6H2,1-2H3. The molecule has 0 aliphatic carbocycles. The number of rotatable bonds is 7. The third kappa shape index (κ3) is 7.33. The van der Waals surface area contributed by atoms with E-state index in [0.29, 0.717) is 6.61 Å². The predicted octanol–water partition coefficient (Wildman–Crippen LogP) is 1.28. The van der Waals surface area contributed by atoms with Crippen molar-refractivity contribution in [3.8, 4) is 0 Å². The molecule has 0 fully saturated rings. The molecule has 0 heterocycles. The maximum absolute atomic E-state index is 9.64. The number of ether oxygens (including phenoxy) is 2. The molecular formula is C8H15O3. The Hall–Kier alpha value is -0.570. The highest BCUT2D eigenvalue weighted by Crippen LogP contribution is 1.94. The van der Waals surface area contributed by atoms with Crippen LogP contribution in [-0.2, 0) is 14.3 Å². The van der Waals surface area contributed by atoms with E-state index in [0.717, 1.165) is 19.4 Å². The van der Waals surface area contributed by atoms with E-state index in [4.69, 9.17) is 4.74 Å². The molecule has 0 N–H and O–H groups in total. The number of hydrogen-bond acceptors (Lipinski definition) is 3. The quantitative estimate of drug-likeness (QED) is 0.525. The molecule has 0 bridgehead atoms. The lowest BCUT2D eigenvalue weighted by Crippen LogP contribution is -2.16. The molecule has 0 spiro atoms. The fraction of sp³-hybridized carbons (Fsp3) is 0.875. The third-order valence-electron chi connectivity index (χ3n) is 1.28. The molecule has 0 aromatic heterocycles. The van der Waals surface area contributed by atoms with Gasteiger partial charge >= 0.3 is 6.47 Å². The molecule has 1 atom stereocenters. The number of carbonyl (C=O) groups excluding carboxylic acids is 1. The summed E-state index contributed by atoms with van der Waals surface area (Å²) in [6.07, 6.45) is 2.16. The van der Waals surface area contributed by atoms with Crippen LogP contribution in [0.3, 0.4) is 0 Å². The second kappa shape index (κ2) is 7.54. The molecule has 0 aliphatic rings. The molecule has 0 aliphatic heterocycles. The van der Waals surface area contributed by atoms with Crippen molar-refractivity contribution in [1.82, 2.24) is 0 Å². The van der Waals surface area contributed by atoms with Gasteiger partial charge in [0.1, 0.15) is 6.61 Å². The van der Waals surface area contributed by atoms with E-state index in [1.54, 1.807) is 0 Å². The number of hydrogen-bond donors (Lipinski definition) is 0. The van der Waals surface area contributed by atoms with Crippen LogP contribution < -0.4 is 0 Å². The SMILES string of the molecule is CCCCOC(C)CO[C]=O. The Labute approximate surface area is 67.7 Å². The fourth-order valence-electron chi connectivity index (χ4n) is 0.628. The minimum atomic E-state index is -0.0111. The monoisotopic (exact) mass is 159 g/mol. The molecule has 0 aromatic rings. The first-order valence-electron chi connectivity index (χ1n) is 3.91. The zero-order chi connectivity index (χ0) is 8.53.